The molecule has 0 saturated heterocycles. The maximum absolute atomic E-state index is 10.1. The molecule has 0 aromatic carbocycles. The van der Waals surface area contributed by atoms with Crippen molar-refractivity contribution in [2.24, 2.45) is 11.5 Å². The summed E-state index contributed by atoms with van der Waals surface area (Å²) in [6.45, 7) is 0.411. The molecule has 0 spiro atoms. The summed E-state index contributed by atoms with van der Waals surface area (Å²) < 4.78 is 4.32. The zero-order valence-corrected chi connectivity index (χ0v) is 9.20. The molecule has 7 N–H and O–H groups in total. The van der Waals surface area contributed by atoms with Crippen LogP contribution in [-0.4, -0.2) is 58.5 Å². The highest BCUT2D eigenvalue weighted by Gasteiger charge is 2.11. The number of carboxylic acids is 2. The number of carboxylic acid groups (broad SMARTS) is 2. The fourth-order valence-corrected chi connectivity index (χ4v) is 0.357. The molecule has 0 fully saturated rings. The van der Waals surface area contributed by atoms with Crippen LogP contribution < -0.4 is 11.5 Å². The molecule has 0 aliphatic heterocycles. The first-order chi connectivity index (χ1) is 7.72. The van der Waals surface area contributed by atoms with Crippen molar-refractivity contribution in [2.45, 2.75) is 19.0 Å². The van der Waals surface area contributed by atoms with Gasteiger partial charge >= 0.3 is 17.9 Å². The number of nitrogens with two attached hydrogens (primary N) is 2. The predicted molar refractivity (Wildman–Crippen MR) is 54.9 cm³/mol. The van der Waals surface area contributed by atoms with E-state index in [9.17, 15) is 14.4 Å². The standard InChI is InChI=1S/C5H9NO4.C3H7NO3/c1-3(7)10-2-4(6)5(8)9;4-2(1-5)3(6)7/h4H,2,6H2,1H3,(H,8,9);2,5H,1,4H2,(H,6,7)/t4-;2-/m00/s1. The van der Waals surface area contributed by atoms with Gasteiger partial charge in [0.05, 0.1) is 6.61 Å². The van der Waals surface area contributed by atoms with Crippen molar-refractivity contribution in [1.82, 2.24) is 0 Å². The summed E-state index contributed by atoms with van der Waals surface area (Å²) in [7, 11) is 0. The molecule has 2 atom stereocenters. The summed E-state index contributed by atoms with van der Waals surface area (Å²) in [6, 6.07) is -2.25. The first-order valence-electron chi connectivity index (χ1n) is 4.43. The molecule has 9 nitrogen and oxygen atoms in total. The van der Waals surface area contributed by atoms with E-state index in [2.05, 4.69) is 4.74 Å². The van der Waals surface area contributed by atoms with E-state index in [0.29, 0.717) is 0 Å². The van der Waals surface area contributed by atoms with Gasteiger partial charge in [-0.15, -0.1) is 0 Å². The third kappa shape index (κ3) is 12.2. The molecule has 9 heteroatoms. The van der Waals surface area contributed by atoms with E-state index in [1.165, 1.54) is 6.92 Å². The minimum absolute atomic E-state index is 0.273. The van der Waals surface area contributed by atoms with Crippen LogP contribution >= 0.6 is 0 Å². The fourth-order valence-electron chi connectivity index (χ4n) is 0.357. The number of hydrogen-bond acceptors (Lipinski definition) is 7. The van der Waals surface area contributed by atoms with Crippen molar-refractivity contribution in [3.63, 3.8) is 0 Å². The van der Waals surface area contributed by atoms with Crippen molar-refractivity contribution in [1.29, 1.82) is 0 Å². The summed E-state index contributed by atoms with van der Waals surface area (Å²) in [5.41, 5.74) is 9.75. The Labute approximate surface area is 97.0 Å². The van der Waals surface area contributed by atoms with E-state index < -0.39 is 36.6 Å². The van der Waals surface area contributed by atoms with E-state index in [0.717, 1.165) is 0 Å². The van der Waals surface area contributed by atoms with E-state index in [4.69, 9.17) is 26.8 Å². The van der Waals surface area contributed by atoms with Gasteiger partial charge in [-0.3, -0.25) is 14.4 Å². The molecule has 0 bridgehead atoms. The van der Waals surface area contributed by atoms with Gasteiger partial charge in [-0.2, -0.15) is 0 Å². The largest absolute Gasteiger partial charge is 0.480 e. The Hall–Kier alpha value is -1.71. The molecule has 0 amide bonds. The topological polar surface area (TPSA) is 173 Å². The van der Waals surface area contributed by atoms with Gasteiger partial charge < -0.3 is 31.5 Å². The molecule has 0 saturated carbocycles. The van der Waals surface area contributed by atoms with Crippen molar-refractivity contribution in [3.8, 4) is 0 Å². The lowest BCUT2D eigenvalue weighted by Crippen LogP contribution is -2.35. The highest BCUT2D eigenvalue weighted by molar-refractivity contribution is 5.74. The fraction of sp³-hybridized carbons (Fsp3) is 0.625. The predicted octanol–water partition coefficient (Wildman–Crippen LogP) is -2.65. The Morgan fingerprint density at radius 1 is 1.12 bits per heavy atom. The van der Waals surface area contributed by atoms with Gasteiger partial charge in [0.2, 0.25) is 0 Å². The van der Waals surface area contributed by atoms with Crippen LogP contribution in [0.15, 0.2) is 0 Å². The Morgan fingerprint density at radius 2 is 1.53 bits per heavy atom. The SMILES string of the molecule is CC(=O)OC[C@H](N)C(=O)O.N[C@@H](CO)C(=O)O. The van der Waals surface area contributed by atoms with Crippen molar-refractivity contribution in [2.75, 3.05) is 13.2 Å². The maximum atomic E-state index is 10.1. The number of aliphatic carboxylic acids is 2. The van der Waals surface area contributed by atoms with Crippen LogP contribution in [0.5, 0.6) is 0 Å². The number of carbonyl (C=O) groups is 3. The summed E-state index contributed by atoms with van der Waals surface area (Å²) in [5, 5.41) is 24.1. The van der Waals surface area contributed by atoms with Crippen molar-refractivity contribution in [3.05, 3.63) is 0 Å². The minimum Gasteiger partial charge on any atom is -0.480 e. The second kappa shape index (κ2) is 9.51. The highest BCUT2D eigenvalue weighted by atomic mass is 16.5. The van der Waals surface area contributed by atoms with Gasteiger partial charge in [0.25, 0.3) is 0 Å². The van der Waals surface area contributed by atoms with Gasteiger partial charge in [-0.25, -0.2) is 0 Å². The quantitative estimate of drug-likeness (QED) is 0.327. The summed E-state index contributed by atoms with van der Waals surface area (Å²) in [6.07, 6.45) is 0. The lowest BCUT2D eigenvalue weighted by Gasteiger charge is -2.04. The lowest BCUT2D eigenvalue weighted by atomic mass is 10.3. The Kier molecular flexibility index (Phi) is 9.89. The molecule has 0 aromatic rings. The molecule has 0 aliphatic carbocycles. The van der Waals surface area contributed by atoms with Crippen molar-refractivity contribution < 1.29 is 34.4 Å². The number of aliphatic hydroxyl groups excluding tert-OH is 1. The van der Waals surface area contributed by atoms with E-state index >= 15 is 0 Å². The van der Waals surface area contributed by atoms with Crippen LogP contribution in [0.2, 0.25) is 0 Å². The van der Waals surface area contributed by atoms with Crippen LogP contribution in [0.4, 0.5) is 0 Å². The molecular formula is C8H16N2O7. The third-order valence-corrected chi connectivity index (χ3v) is 1.30. The smallest absolute Gasteiger partial charge is 0.324 e. The van der Waals surface area contributed by atoms with Gasteiger partial charge in [-0.1, -0.05) is 0 Å². The highest BCUT2D eigenvalue weighted by Crippen LogP contribution is 1.82. The van der Waals surface area contributed by atoms with Crippen LogP contribution in [0, 0.1) is 0 Å². The average molecular weight is 252 g/mol. The molecule has 0 aliphatic rings. The number of rotatable bonds is 5. The first-order valence-corrected chi connectivity index (χ1v) is 4.43. The van der Waals surface area contributed by atoms with Crippen LogP contribution in [0.25, 0.3) is 0 Å². The Bertz CT molecular complexity index is 269. The Balaban J connectivity index is 0. The van der Waals surface area contributed by atoms with Gasteiger partial charge in [0.15, 0.2) is 0 Å². The number of esters is 1. The van der Waals surface area contributed by atoms with Gasteiger partial charge in [0.1, 0.15) is 18.7 Å². The first kappa shape index (κ1) is 17.7. The van der Waals surface area contributed by atoms with Crippen LogP contribution in [0.3, 0.4) is 0 Å². The zero-order chi connectivity index (χ0) is 14.0. The monoisotopic (exact) mass is 252 g/mol. The van der Waals surface area contributed by atoms with Crippen LogP contribution in [0.1, 0.15) is 6.92 Å². The number of hydrogen-bond donors (Lipinski definition) is 5. The molecule has 0 rings (SSSR count). The molecule has 0 heterocycles. The molecule has 0 unspecified atom stereocenters. The van der Waals surface area contributed by atoms with Gasteiger partial charge in [0, 0.05) is 6.92 Å². The van der Waals surface area contributed by atoms with Crippen molar-refractivity contribution >= 4 is 17.9 Å². The average Bonchev–Trinajstić information content (AvgIpc) is 2.24. The number of carbonyl (C=O) groups excluding carboxylic acids is 1. The number of ether oxygens (including phenoxy) is 1. The Morgan fingerprint density at radius 3 is 1.71 bits per heavy atom. The van der Waals surface area contributed by atoms with Gasteiger partial charge in [-0.05, 0) is 0 Å². The zero-order valence-electron chi connectivity index (χ0n) is 9.20. The molecule has 100 valence electrons. The molecule has 0 aromatic heterocycles. The third-order valence-electron chi connectivity index (χ3n) is 1.30. The lowest BCUT2D eigenvalue weighted by molar-refractivity contribution is -0.146. The molecular weight excluding hydrogens is 236 g/mol. The second-order valence-corrected chi connectivity index (χ2v) is 2.87. The maximum Gasteiger partial charge on any atom is 0.324 e. The van der Waals surface area contributed by atoms with E-state index in [1.54, 1.807) is 0 Å². The summed E-state index contributed by atoms with van der Waals surface area (Å²) in [5.74, 6) is -2.89. The molecule has 17 heavy (non-hydrogen) atoms. The summed E-state index contributed by atoms with van der Waals surface area (Å²) >= 11 is 0. The normalized spacial score (nSPS) is 12.7. The minimum atomic E-state index is -1.18. The number of aliphatic hydroxyl groups is 1. The van der Waals surface area contributed by atoms with E-state index in [1.807, 2.05) is 0 Å². The second-order valence-electron chi connectivity index (χ2n) is 2.87. The van der Waals surface area contributed by atoms with Crippen LogP contribution in [-0.2, 0) is 19.1 Å². The summed E-state index contributed by atoms with van der Waals surface area (Å²) in [4.78, 5) is 29.7. The van der Waals surface area contributed by atoms with E-state index in [-0.39, 0.29) is 6.61 Å². The molecule has 0 radical (unpaired) electrons.